The number of hydrogen-bond donors (Lipinski definition) is 1. The van der Waals surface area contributed by atoms with Gasteiger partial charge in [0.05, 0.1) is 13.2 Å². The fraction of sp³-hybridized carbons (Fsp3) is 1.00. The third kappa shape index (κ3) is 0.835. The average molecular weight is 136 g/mol. The van der Waals surface area contributed by atoms with Crippen molar-refractivity contribution in [3.05, 3.63) is 0 Å². The molecular formula is C5H10ClNO. The van der Waals surface area contributed by atoms with Gasteiger partial charge in [-0.1, -0.05) is 0 Å². The highest BCUT2D eigenvalue weighted by molar-refractivity contribution is 6.18. The zero-order chi connectivity index (χ0) is 6.04. The van der Waals surface area contributed by atoms with Gasteiger partial charge in [0, 0.05) is 17.8 Å². The molecule has 0 aliphatic carbocycles. The summed E-state index contributed by atoms with van der Waals surface area (Å²) >= 11 is 5.60. The van der Waals surface area contributed by atoms with E-state index in [0.29, 0.717) is 12.4 Å². The van der Waals surface area contributed by atoms with E-state index in [4.69, 9.17) is 22.1 Å². The van der Waals surface area contributed by atoms with Gasteiger partial charge < -0.3 is 10.5 Å². The molecule has 0 aromatic carbocycles. The molecule has 8 heavy (non-hydrogen) atoms. The van der Waals surface area contributed by atoms with Crippen LogP contribution in [0.15, 0.2) is 0 Å². The average Bonchev–Trinajstić information content (AvgIpc) is 1.67. The van der Waals surface area contributed by atoms with Crippen LogP contribution < -0.4 is 5.73 Å². The minimum absolute atomic E-state index is 0.127. The van der Waals surface area contributed by atoms with Gasteiger partial charge in [0.2, 0.25) is 0 Å². The van der Waals surface area contributed by atoms with Crippen molar-refractivity contribution in [2.24, 2.45) is 11.1 Å². The molecule has 0 amide bonds. The van der Waals surface area contributed by atoms with Crippen LogP contribution in [-0.4, -0.2) is 25.6 Å². The van der Waals surface area contributed by atoms with Gasteiger partial charge in [-0.05, 0) is 0 Å². The fourth-order valence-electron chi connectivity index (χ4n) is 0.640. The van der Waals surface area contributed by atoms with Gasteiger partial charge in [-0.3, -0.25) is 0 Å². The summed E-state index contributed by atoms with van der Waals surface area (Å²) in [6, 6.07) is 0. The largest absolute Gasteiger partial charge is 0.380 e. The molecule has 1 aliphatic heterocycles. The summed E-state index contributed by atoms with van der Waals surface area (Å²) in [4.78, 5) is 0. The van der Waals surface area contributed by atoms with Crippen LogP contribution >= 0.6 is 11.6 Å². The Morgan fingerprint density at radius 3 is 2.25 bits per heavy atom. The third-order valence-electron chi connectivity index (χ3n) is 1.53. The zero-order valence-electron chi connectivity index (χ0n) is 4.69. The van der Waals surface area contributed by atoms with Crippen LogP contribution in [-0.2, 0) is 4.74 Å². The van der Waals surface area contributed by atoms with Crippen LogP contribution in [0.25, 0.3) is 0 Å². The summed E-state index contributed by atoms with van der Waals surface area (Å²) in [5.74, 6) is 0.628. The molecule has 0 spiro atoms. The lowest BCUT2D eigenvalue weighted by Crippen LogP contribution is -2.49. The monoisotopic (exact) mass is 135 g/mol. The Morgan fingerprint density at radius 1 is 1.62 bits per heavy atom. The van der Waals surface area contributed by atoms with E-state index in [1.807, 2.05) is 0 Å². The number of hydrogen-bond acceptors (Lipinski definition) is 2. The van der Waals surface area contributed by atoms with Gasteiger partial charge >= 0.3 is 0 Å². The van der Waals surface area contributed by atoms with Crippen molar-refractivity contribution < 1.29 is 4.74 Å². The smallest absolute Gasteiger partial charge is 0.0568 e. The molecule has 48 valence electrons. The van der Waals surface area contributed by atoms with Crippen LogP contribution in [0, 0.1) is 5.41 Å². The van der Waals surface area contributed by atoms with E-state index in [1.54, 1.807) is 0 Å². The van der Waals surface area contributed by atoms with Crippen molar-refractivity contribution in [1.29, 1.82) is 0 Å². The van der Waals surface area contributed by atoms with Crippen molar-refractivity contribution in [2.45, 2.75) is 0 Å². The van der Waals surface area contributed by atoms with Gasteiger partial charge in [0.25, 0.3) is 0 Å². The van der Waals surface area contributed by atoms with Crippen LogP contribution in [0.4, 0.5) is 0 Å². The topological polar surface area (TPSA) is 35.2 Å². The maximum atomic E-state index is 5.60. The van der Waals surface area contributed by atoms with Gasteiger partial charge in [0.15, 0.2) is 0 Å². The minimum atomic E-state index is 0.127. The molecule has 0 aromatic heterocycles. The molecule has 0 unspecified atom stereocenters. The molecule has 1 rings (SSSR count). The van der Waals surface area contributed by atoms with E-state index in [1.165, 1.54) is 0 Å². The standard InChI is InChI=1S/C5H10ClNO/c6-1-5(2-7)3-8-4-5/h1-4,7H2. The molecule has 1 fully saturated rings. The lowest BCUT2D eigenvalue weighted by molar-refractivity contribution is -0.0924. The van der Waals surface area contributed by atoms with Crippen molar-refractivity contribution >= 4 is 11.6 Å². The van der Waals surface area contributed by atoms with E-state index in [0.717, 1.165) is 13.2 Å². The number of ether oxygens (including phenoxy) is 1. The van der Waals surface area contributed by atoms with Crippen LogP contribution in [0.2, 0.25) is 0 Å². The highest BCUT2D eigenvalue weighted by atomic mass is 35.5. The summed E-state index contributed by atoms with van der Waals surface area (Å²) in [6.07, 6.45) is 0. The van der Waals surface area contributed by atoms with Gasteiger partial charge in [-0.15, -0.1) is 11.6 Å². The normalized spacial score (nSPS) is 24.8. The van der Waals surface area contributed by atoms with Gasteiger partial charge in [-0.2, -0.15) is 0 Å². The van der Waals surface area contributed by atoms with E-state index in [2.05, 4.69) is 0 Å². The molecule has 0 aromatic rings. The van der Waals surface area contributed by atoms with Crippen molar-refractivity contribution in [2.75, 3.05) is 25.6 Å². The lowest BCUT2D eigenvalue weighted by Gasteiger charge is -2.38. The van der Waals surface area contributed by atoms with Crippen molar-refractivity contribution in [3.8, 4) is 0 Å². The molecular weight excluding hydrogens is 126 g/mol. The number of alkyl halides is 1. The SMILES string of the molecule is NCC1(CCl)COC1. The van der Waals surface area contributed by atoms with E-state index in [-0.39, 0.29) is 5.41 Å². The van der Waals surface area contributed by atoms with E-state index < -0.39 is 0 Å². The summed E-state index contributed by atoms with van der Waals surface area (Å²) in [5, 5.41) is 0. The second kappa shape index (κ2) is 2.21. The first-order valence-corrected chi connectivity index (χ1v) is 3.20. The Hall–Kier alpha value is 0.210. The number of halogens is 1. The van der Waals surface area contributed by atoms with Crippen LogP contribution in [0.5, 0.6) is 0 Å². The highest BCUT2D eigenvalue weighted by Crippen LogP contribution is 2.26. The van der Waals surface area contributed by atoms with E-state index >= 15 is 0 Å². The zero-order valence-corrected chi connectivity index (χ0v) is 5.45. The van der Waals surface area contributed by atoms with E-state index in [9.17, 15) is 0 Å². The Labute approximate surface area is 53.9 Å². The molecule has 0 atom stereocenters. The highest BCUT2D eigenvalue weighted by Gasteiger charge is 2.35. The predicted octanol–water partition coefficient (Wildman–Crippen LogP) is 0.200. The lowest BCUT2D eigenvalue weighted by atomic mass is 9.89. The first-order valence-electron chi connectivity index (χ1n) is 2.67. The quantitative estimate of drug-likeness (QED) is 0.549. The second-order valence-corrected chi connectivity index (χ2v) is 2.60. The Bertz CT molecular complexity index is 69.0. The predicted molar refractivity (Wildman–Crippen MR) is 33.0 cm³/mol. The Morgan fingerprint density at radius 2 is 2.25 bits per heavy atom. The molecule has 3 heteroatoms. The molecule has 1 saturated heterocycles. The fourth-order valence-corrected chi connectivity index (χ4v) is 0.904. The van der Waals surface area contributed by atoms with Crippen molar-refractivity contribution in [1.82, 2.24) is 0 Å². The molecule has 0 saturated carbocycles. The maximum absolute atomic E-state index is 5.60. The molecule has 2 N–H and O–H groups in total. The second-order valence-electron chi connectivity index (χ2n) is 2.33. The summed E-state index contributed by atoms with van der Waals surface area (Å²) in [5.41, 5.74) is 5.54. The molecule has 1 heterocycles. The van der Waals surface area contributed by atoms with Gasteiger partial charge in [0.1, 0.15) is 0 Å². The Balaban J connectivity index is 2.33. The molecule has 0 bridgehead atoms. The third-order valence-corrected chi connectivity index (χ3v) is 2.10. The van der Waals surface area contributed by atoms with Crippen LogP contribution in [0.1, 0.15) is 0 Å². The van der Waals surface area contributed by atoms with Crippen LogP contribution in [0.3, 0.4) is 0 Å². The number of rotatable bonds is 2. The van der Waals surface area contributed by atoms with Gasteiger partial charge in [-0.25, -0.2) is 0 Å². The first-order chi connectivity index (χ1) is 3.83. The molecule has 1 aliphatic rings. The van der Waals surface area contributed by atoms with Crippen molar-refractivity contribution in [3.63, 3.8) is 0 Å². The Kier molecular flexibility index (Phi) is 1.75. The summed E-state index contributed by atoms with van der Waals surface area (Å²) < 4.78 is 4.96. The molecule has 2 nitrogen and oxygen atoms in total. The first kappa shape index (κ1) is 6.33. The minimum Gasteiger partial charge on any atom is -0.380 e. The molecule has 0 radical (unpaired) electrons. The number of nitrogens with two attached hydrogens (primary N) is 1. The summed E-state index contributed by atoms with van der Waals surface area (Å²) in [6.45, 7) is 2.14. The maximum Gasteiger partial charge on any atom is 0.0568 e. The summed E-state index contributed by atoms with van der Waals surface area (Å²) in [7, 11) is 0.